The lowest BCUT2D eigenvalue weighted by atomic mass is 10.2. The fourth-order valence-corrected chi connectivity index (χ4v) is 4.70. The predicted octanol–water partition coefficient (Wildman–Crippen LogP) is 7.63. The van der Waals surface area contributed by atoms with Crippen LogP contribution in [0.15, 0.2) is 36.9 Å². The van der Waals surface area contributed by atoms with Crippen LogP contribution >= 0.6 is 0 Å². The highest BCUT2D eigenvalue weighted by molar-refractivity contribution is 5.95. The van der Waals surface area contributed by atoms with E-state index in [1.165, 1.54) is 4.90 Å². The summed E-state index contributed by atoms with van der Waals surface area (Å²) in [5.41, 5.74) is -2.39. The smallest absolute Gasteiger partial charge is 0.364 e. The van der Waals surface area contributed by atoms with Gasteiger partial charge in [0.1, 0.15) is 28.4 Å². The van der Waals surface area contributed by atoms with Crippen LogP contribution < -0.4 is 15.5 Å². The van der Waals surface area contributed by atoms with E-state index in [4.69, 9.17) is 0 Å². The number of aromatic nitrogens is 6. The van der Waals surface area contributed by atoms with E-state index in [1.807, 2.05) is 18.4 Å². The van der Waals surface area contributed by atoms with E-state index in [-0.39, 0.29) is 17.9 Å². The highest BCUT2D eigenvalue weighted by atomic mass is 19.4. The van der Waals surface area contributed by atoms with E-state index in [1.54, 1.807) is 38.4 Å². The molecule has 2 aliphatic rings. The van der Waals surface area contributed by atoms with Gasteiger partial charge in [0, 0.05) is 47.3 Å². The Morgan fingerprint density at radius 1 is 0.814 bits per heavy atom. The standard InChI is InChI=1S/C28H29F6N9/c1-15(2)42-14-19(16-6-5-11-35-22(16)42)43(23-36-12-17(27(29,30)31)20(38-23)40-25(3)7-8-25)24-37-13-18(28(32,33)34)21(39-24)41-26(4)9-10-26/h5-6,11-15H,7-10H2,1-4H3,(H,36,38,40)(H,37,39,41). The zero-order valence-corrected chi connectivity index (χ0v) is 23.8. The van der Waals surface area contributed by atoms with Crippen molar-refractivity contribution < 1.29 is 26.3 Å². The second-order valence-corrected chi connectivity index (χ2v) is 12.0. The lowest BCUT2D eigenvalue weighted by Gasteiger charge is -2.25. The monoisotopic (exact) mass is 605 g/mol. The summed E-state index contributed by atoms with van der Waals surface area (Å²) in [6.07, 6.45) is -2.30. The Morgan fingerprint density at radius 2 is 1.30 bits per heavy atom. The quantitative estimate of drug-likeness (QED) is 0.198. The number of anilines is 5. The number of hydrogen-bond acceptors (Lipinski definition) is 8. The summed E-state index contributed by atoms with van der Waals surface area (Å²) in [5.74, 6) is -1.39. The first kappa shape index (κ1) is 28.9. The van der Waals surface area contributed by atoms with Crippen molar-refractivity contribution in [3.8, 4) is 0 Å². The van der Waals surface area contributed by atoms with Gasteiger partial charge in [-0.2, -0.15) is 36.3 Å². The molecule has 2 N–H and O–H groups in total. The molecular formula is C28H29F6N9. The van der Waals surface area contributed by atoms with Gasteiger partial charge in [-0.15, -0.1) is 0 Å². The van der Waals surface area contributed by atoms with Gasteiger partial charge in [0.25, 0.3) is 0 Å². The Bertz CT molecular complexity index is 1610. The first-order valence-electron chi connectivity index (χ1n) is 13.8. The van der Waals surface area contributed by atoms with Crippen molar-refractivity contribution in [1.82, 2.24) is 29.5 Å². The Morgan fingerprint density at radius 3 is 1.72 bits per heavy atom. The highest BCUT2D eigenvalue weighted by Gasteiger charge is 2.44. The number of nitrogens with one attached hydrogen (secondary N) is 2. The summed E-state index contributed by atoms with van der Waals surface area (Å²) in [7, 11) is 0. The molecule has 228 valence electrons. The van der Waals surface area contributed by atoms with E-state index >= 15 is 0 Å². The molecule has 9 nitrogen and oxygen atoms in total. The van der Waals surface area contributed by atoms with Crippen LogP contribution in [-0.4, -0.2) is 40.6 Å². The zero-order valence-electron chi connectivity index (χ0n) is 23.8. The van der Waals surface area contributed by atoms with Gasteiger partial charge in [0.15, 0.2) is 0 Å². The molecule has 2 aliphatic carbocycles. The third-order valence-corrected chi connectivity index (χ3v) is 7.77. The van der Waals surface area contributed by atoms with E-state index in [0.29, 0.717) is 54.8 Å². The molecular weight excluding hydrogens is 576 g/mol. The summed E-state index contributed by atoms with van der Waals surface area (Å²) in [4.78, 5) is 22.5. The first-order valence-corrected chi connectivity index (χ1v) is 13.8. The maximum absolute atomic E-state index is 14.0. The van der Waals surface area contributed by atoms with Gasteiger partial charge in [-0.25, -0.2) is 19.9 Å². The molecule has 6 rings (SSSR count). The Hall–Kier alpha value is -4.17. The summed E-state index contributed by atoms with van der Waals surface area (Å²) in [6.45, 7) is 7.40. The van der Waals surface area contributed by atoms with Crippen molar-refractivity contribution in [1.29, 1.82) is 0 Å². The summed E-state index contributed by atoms with van der Waals surface area (Å²) in [5, 5.41) is 6.33. The second kappa shape index (κ2) is 9.67. The normalized spacial score (nSPS) is 17.3. The average molecular weight is 606 g/mol. The van der Waals surface area contributed by atoms with Crippen LogP contribution in [0.5, 0.6) is 0 Å². The Kier molecular flexibility index (Phi) is 6.51. The largest absolute Gasteiger partial charge is 0.421 e. The highest BCUT2D eigenvalue weighted by Crippen LogP contribution is 2.45. The van der Waals surface area contributed by atoms with Gasteiger partial charge in [-0.3, -0.25) is 0 Å². The molecule has 4 aromatic heterocycles. The van der Waals surface area contributed by atoms with Crippen molar-refractivity contribution in [2.75, 3.05) is 15.5 Å². The molecule has 0 unspecified atom stereocenters. The van der Waals surface area contributed by atoms with Crippen LogP contribution in [-0.2, 0) is 12.4 Å². The fourth-order valence-electron chi connectivity index (χ4n) is 4.70. The third kappa shape index (κ3) is 5.64. The van der Waals surface area contributed by atoms with Crippen molar-refractivity contribution in [2.45, 2.75) is 82.9 Å². The van der Waals surface area contributed by atoms with E-state index in [2.05, 4.69) is 35.6 Å². The fraction of sp³-hybridized carbons (Fsp3) is 0.464. The van der Waals surface area contributed by atoms with Crippen LogP contribution in [0.2, 0.25) is 0 Å². The maximum Gasteiger partial charge on any atom is 0.421 e. The Labute approximate surface area is 242 Å². The number of halogens is 6. The van der Waals surface area contributed by atoms with Crippen LogP contribution in [0.3, 0.4) is 0 Å². The third-order valence-electron chi connectivity index (χ3n) is 7.77. The maximum atomic E-state index is 14.0. The molecule has 2 saturated carbocycles. The molecule has 4 heterocycles. The van der Waals surface area contributed by atoms with Crippen molar-refractivity contribution >= 4 is 40.3 Å². The van der Waals surface area contributed by atoms with Gasteiger partial charge < -0.3 is 15.2 Å². The molecule has 0 aromatic carbocycles. The lowest BCUT2D eigenvalue weighted by Crippen LogP contribution is -2.25. The van der Waals surface area contributed by atoms with Gasteiger partial charge in [0.05, 0.1) is 5.69 Å². The van der Waals surface area contributed by atoms with Crippen molar-refractivity contribution in [2.24, 2.45) is 0 Å². The van der Waals surface area contributed by atoms with Crippen LogP contribution in [0.4, 0.5) is 55.6 Å². The number of hydrogen-bond donors (Lipinski definition) is 2. The number of rotatable bonds is 8. The minimum atomic E-state index is -4.75. The summed E-state index contributed by atoms with van der Waals surface area (Å²) < 4.78 is 85.9. The number of nitrogens with zero attached hydrogens (tertiary/aromatic N) is 7. The van der Waals surface area contributed by atoms with Crippen LogP contribution in [0.25, 0.3) is 11.0 Å². The SMILES string of the molecule is CC(C)n1cc(N(c2ncc(C(F)(F)F)c(NC3(C)CC3)n2)c2ncc(C(F)(F)F)c(NC3(C)CC3)n2)c2cccnc21. The molecule has 43 heavy (non-hydrogen) atoms. The molecule has 15 heteroatoms. The minimum Gasteiger partial charge on any atom is -0.364 e. The molecule has 0 spiro atoms. The zero-order chi connectivity index (χ0) is 30.9. The first-order chi connectivity index (χ1) is 20.1. The van der Waals surface area contributed by atoms with E-state index < -0.39 is 46.2 Å². The predicted molar refractivity (Wildman–Crippen MR) is 149 cm³/mol. The van der Waals surface area contributed by atoms with E-state index in [0.717, 1.165) is 0 Å². The molecule has 2 fully saturated rings. The summed E-state index contributed by atoms with van der Waals surface area (Å²) >= 11 is 0. The Balaban J connectivity index is 1.59. The van der Waals surface area contributed by atoms with Gasteiger partial charge in [-0.05, 0) is 65.5 Å². The molecule has 0 saturated heterocycles. The number of pyridine rings is 1. The molecule has 4 aromatic rings. The second-order valence-electron chi connectivity index (χ2n) is 12.0. The minimum absolute atomic E-state index is 0.0888. The van der Waals surface area contributed by atoms with Gasteiger partial charge in [-0.1, -0.05) is 0 Å². The lowest BCUT2D eigenvalue weighted by molar-refractivity contribution is -0.138. The molecule has 0 radical (unpaired) electrons. The summed E-state index contributed by atoms with van der Waals surface area (Å²) in [6, 6.07) is 3.33. The topological polar surface area (TPSA) is 96.7 Å². The van der Waals surface area contributed by atoms with Crippen molar-refractivity contribution in [3.05, 3.63) is 48.0 Å². The van der Waals surface area contributed by atoms with Gasteiger partial charge >= 0.3 is 12.4 Å². The molecule has 0 amide bonds. The molecule has 0 bridgehead atoms. The average Bonchev–Trinajstić information content (AvgIpc) is 3.79. The van der Waals surface area contributed by atoms with Crippen LogP contribution in [0, 0.1) is 0 Å². The number of alkyl halides is 6. The number of fused-ring (bicyclic) bond motifs is 1. The molecule has 0 atom stereocenters. The molecule has 0 aliphatic heterocycles. The van der Waals surface area contributed by atoms with E-state index in [9.17, 15) is 26.3 Å². The van der Waals surface area contributed by atoms with Crippen LogP contribution in [0.1, 0.15) is 70.5 Å². The van der Waals surface area contributed by atoms with Crippen molar-refractivity contribution in [3.63, 3.8) is 0 Å². The van der Waals surface area contributed by atoms with Gasteiger partial charge in [0.2, 0.25) is 11.9 Å².